The molecule has 1 rings (SSSR count). The minimum Gasteiger partial charge on any atom is -0.477 e. The third kappa shape index (κ3) is 1.64. The van der Waals surface area contributed by atoms with E-state index in [0.29, 0.717) is 4.88 Å². The Morgan fingerprint density at radius 2 is 2.33 bits per heavy atom. The number of hydrogen-bond acceptors (Lipinski definition) is 3. The standard InChI is InChI=1S/C8H6O3S/c1-2-5(9)6-3-4-7(12-6)8(10)11/h1,3-5,9H,(H,10,11). The summed E-state index contributed by atoms with van der Waals surface area (Å²) in [7, 11) is 0. The van der Waals surface area contributed by atoms with Gasteiger partial charge in [0, 0.05) is 4.88 Å². The molecule has 1 heterocycles. The summed E-state index contributed by atoms with van der Waals surface area (Å²) in [6.07, 6.45) is 3.95. The van der Waals surface area contributed by atoms with Crippen LogP contribution in [0.3, 0.4) is 0 Å². The number of carboxylic acid groups (broad SMARTS) is 1. The van der Waals surface area contributed by atoms with Gasteiger partial charge in [0.1, 0.15) is 11.0 Å². The summed E-state index contributed by atoms with van der Waals surface area (Å²) < 4.78 is 0. The van der Waals surface area contributed by atoms with Gasteiger partial charge in [-0.05, 0) is 12.1 Å². The lowest BCUT2D eigenvalue weighted by Crippen LogP contribution is -1.90. The largest absolute Gasteiger partial charge is 0.477 e. The van der Waals surface area contributed by atoms with Crippen LogP contribution in [-0.2, 0) is 0 Å². The van der Waals surface area contributed by atoms with Crippen LogP contribution in [-0.4, -0.2) is 16.2 Å². The average molecular weight is 182 g/mol. The van der Waals surface area contributed by atoms with E-state index in [4.69, 9.17) is 16.6 Å². The van der Waals surface area contributed by atoms with Gasteiger partial charge >= 0.3 is 5.97 Å². The molecule has 0 aliphatic heterocycles. The molecule has 0 amide bonds. The highest BCUT2D eigenvalue weighted by molar-refractivity contribution is 7.14. The number of carboxylic acids is 1. The van der Waals surface area contributed by atoms with E-state index in [-0.39, 0.29) is 4.88 Å². The summed E-state index contributed by atoms with van der Waals surface area (Å²) in [5, 5.41) is 17.6. The van der Waals surface area contributed by atoms with Crippen LogP contribution in [0.1, 0.15) is 20.7 Å². The van der Waals surface area contributed by atoms with E-state index in [2.05, 4.69) is 5.92 Å². The lowest BCUT2D eigenvalue weighted by Gasteiger charge is -1.95. The first-order valence-electron chi connectivity index (χ1n) is 3.12. The maximum absolute atomic E-state index is 10.4. The van der Waals surface area contributed by atoms with Gasteiger partial charge in [-0.2, -0.15) is 0 Å². The van der Waals surface area contributed by atoms with Crippen LogP contribution in [0.25, 0.3) is 0 Å². The summed E-state index contributed by atoms with van der Waals surface area (Å²) in [6.45, 7) is 0. The Morgan fingerprint density at radius 3 is 2.75 bits per heavy atom. The Labute approximate surface area is 73.3 Å². The second-order valence-corrected chi connectivity index (χ2v) is 3.19. The zero-order valence-corrected chi connectivity index (χ0v) is 6.84. The third-order valence-corrected chi connectivity index (χ3v) is 2.39. The molecule has 4 heteroatoms. The first kappa shape index (κ1) is 8.78. The highest BCUT2D eigenvalue weighted by Gasteiger charge is 2.10. The van der Waals surface area contributed by atoms with Gasteiger partial charge in [0.05, 0.1) is 0 Å². The normalized spacial score (nSPS) is 12.0. The Balaban J connectivity index is 2.93. The van der Waals surface area contributed by atoms with Gasteiger partial charge in [0.2, 0.25) is 0 Å². The molecule has 1 aromatic heterocycles. The highest BCUT2D eigenvalue weighted by atomic mass is 32.1. The molecular weight excluding hydrogens is 176 g/mol. The maximum atomic E-state index is 10.4. The van der Waals surface area contributed by atoms with E-state index < -0.39 is 12.1 Å². The fourth-order valence-electron chi connectivity index (χ4n) is 0.697. The quantitative estimate of drug-likeness (QED) is 0.674. The van der Waals surface area contributed by atoms with Crippen molar-refractivity contribution in [1.29, 1.82) is 0 Å². The third-order valence-electron chi connectivity index (χ3n) is 1.26. The van der Waals surface area contributed by atoms with Gasteiger partial charge in [-0.1, -0.05) is 5.92 Å². The molecule has 12 heavy (non-hydrogen) atoms. The average Bonchev–Trinajstić information content (AvgIpc) is 2.51. The number of carbonyl (C=O) groups is 1. The van der Waals surface area contributed by atoms with Crippen molar-refractivity contribution in [3.8, 4) is 12.3 Å². The molecule has 1 aromatic rings. The topological polar surface area (TPSA) is 57.5 Å². The van der Waals surface area contributed by atoms with E-state index in [9.17, 15) is 4.79 Å². The van der Waals surface area contributed by atoms with Gasteiger partial charge in [-0.25, -0.2) is 4.79 Å². The van der Waals surface area contributed by atoms with E-state index in [1.165, 1.54) is 12.1 Å². The Hall–Kier alpha value is -1.31. The van der Waals surface area contributed by atoms with E-state index in [1.54, 1.807) is 0 Å². The summed E-state index contributed by atoms with van der Waals surface area (Å²) in [6, 6.07) is 2.93. The molecule has 1 unspecified atom stereocenters. The van der Waals surface area contributed by atoms with Gasteiger partial charge in [0.15, 0.2) is 0 Å². The van der Waals surface area contributed by atoms with Gasteiger partial charge in [-0.15, -0.1) is 17.8 Å². The van der Waals surface area contributed by atoms with Crippen LogP contribution in [0.15, 0.2) is 12.1 Å². The van der Waals surface area contributed by atoms with Crippen LogP contribution in [0, 0.1) is 12.3 Å². The highest BCUT2D eigenvalue weighted by Crippen LogP contribution is 2.22. The summed E-state index contributed by atoms with van der Waals surface area (Å²) >= 11 is 0.982. The lowest BCUT2D eigenvalue weighted by atomic mass is 10.3. The van der Waals surface area contributed by atoms with E-state index in [1.807, 2.05) is 0 Å². The van der Waals surface area contributed by atoms with Gasteiger partial charge in [-0.3, -0.25) is 0 Å². The van der Waals surface area contributed by atoms with Crippen LogP contribution < -0.4 is 0 Å². The lowest BCUT2D eigenvalue weighted by molar-refractivity contribution is 0.0702. The summed E-state index contributed by atoms with van der Waals surface area (Å²) in [5.41, 5.74) is 0. The van der Waals surface area contributed by atoms with Crippen LogP contribution in [0.4, 0.5) is 0 Å². The molecule has 0 fully saturated rings. The molecule has 0 spiro atoms. The molecule has 0 radical (unpaired) electrons. The predicted molar refractivity (Wildman–Crippen MR) is 45.1 cm³/mol. The van der Waals surface area contributed by atoms with Crippen molar-refractivity contribution in [1.82, 2.24) is 0 Å². The van der Waals surface area contributed by atoms with Crippen molar-refractivity contribution in [2.45, 2.75) is 6.10 Å². The molecule has 62 valence electrons. The number of hydrogen-bond donors (Lipinski definition) is 2. The minimum atomic E-state index is -1.00. The van der Waals surface area contributed by atoms with Gasteiger partial charge in [0.25, 0.3) is 0 Å². The monoisotopic (exact) mass is 182 g/mol. The van der Waals surface area contributed by atoms with Crippen molar-refractivity contribution in [3.63, 3.8) is 0 Å². The molecule has 0 saturated carbocycles. The number of thiophene rings is 1. The summed E-state index contributed by atoms with van der Waals surface area (Å²) in [4.78, 5) is 11.1. The number of rotatable bonds is 2. The predicted octanol–water partition coefficient (Wildman–Crippen LogP) is 1.11. The Bertz CT molecular complexity index is 334. The Kier molecular flexibility index (Phi) is 2.48. The molecule has 0 aliphatic rings. The zero-order chi connectivity index (χ0) is 9.14. The number of aliphatic hydroxyl groups is 1. The number of terminal acetylenes is 1. The van der Waals surface area contributed by atoms with Crippen molar-refractivity contribution in [2.24, 2.45) is 0 Å². The molecule has 0 bridgehead atoms. The summed E-state index contributed by atoms with van der Waals surface area (Å²) in [5.74, 6) is 1.10. The fourth-order valence-corrected chi connectivity index (χ4v) is 1.49. The minimum absolute atomic E-state index is 0.180. The SMILES string of the molecule is C#CC(O)c1ccc(C(=O)O)s1. The first-order chi connectivity index (χ1) is 5.65. The van der Waals surface area contributed by atoms with Crippen LogP contribution >= 0.6 is 11.3 Å². The number of aromatic carboxylic acids is 1. The molecule has 0 saturated heterocycles. The second kappa shape index (κ2) is 3.39. The zero-order valence-electron chi connectivity index (χ0n) is 6.02. The van der Waals surface area contributed by atoms with Crippen molar-refractivity contribution in [3.05, 3.63) is 21.9 Å². The maximum Gasteiger partial charge on any atom is 0.345 e. The van der Waals surface area contributed by atoms with Crippen molar-refractivity contribution < 1.29 is 15.0 Å². The molecule has 0 aromatic carbocycles. The van der Waals surface area contributed by atoms with E-state index >= 15 is 0 Å². The smallest absolute Gasteiger partial charge is 0.345 e. The van der Waals surface area contributed by atoms with Crippen molar-refractivity contribution in [2.75, 3.05) is 0 Å². The Morgan fingerprint density at radius 1 is 1.67 bits per heavy atom. The van der Waals surface area contributed by atoms with E-state index in [0.717, 1.165) is 11.3 Å². The van der Waals surface area contributed by atoms with Gasteiger partial charge < -0.3 is 10.2 Å². The van der Waals surface area contributed by atoms with Crippen LogP contribution in [0.5, 0.6) is 0 Å². The molecule has 0 aliphatic carbocycles. The molecule has 3 nitrogen and oxygen atoms in total. The second-order valence-electron chi connectivity index (χ2n) is 2.08. The first-order valence-corrected chi connectivity index (χ1v) is 3.94. The van der Waals surface area contributed by atoms with Crippen molar-refractivity contribution >= 4 is 17.3 Å². The van der Waals surface area contributed by atoms with Crippen LogP contribution in [0.2, 0.25) is 0 Å². The number of aliphatic hydroxyl groups excluding tert-OH is 1. The molecular formula is C8H6O3S. The fraction of sp³-hybridized carbons (Fsp3) is 0.125. The molecule has 2 N–H and O–H groups in total. The molecule has 1 atom stereocenters.